The second-order valence-electron chi connectivity index (χ2n) is 8.02. The molecule has 1 N–H and O–H groups in total. The lowest BCUT2D eigenvalue weighted by atomic mass is 9.70. The number of likely N-dealkylation sites (tertiary alicyclic amines) is 2. The Balaban J connectivity index is 0.000000339. The van der Waals surface area contributed by atoms with Gasteiger partial charge in [0.15, 0.2) is 0 Å². The summed E-state index contributed by atoms with van der Waals surface area (Å²) in [6.45, 7) is 3.58. The number of aryl methyl sites for hydroxylation is 1. The predicted octanol–water partition coefficient (Wildman–Crippen LogP) is 2.95. The van der Waals surface area contributed by atoms with E-state index in [0.29, 0.717) is 5.91 Å². The molecule has 2 aromatic rings. The van der Waals surface area contributed by atoms with Crippen molar-refractivity contribution in [3.63, 3.8) is 0 Å². The Labute approximate surface area is 182 Å². The number of carbonyl (C=O) groups is 2. The van der Waals surface area contributed by atoms with Gasteiger partial charge in [-0.3, -0.25) is 14.4 Å². The molecule has 2 aliphatic heterocycles. The molecular weight excluding hydrogens is 433 g/mol. The number of carboxylic acids is 1. The molecule has 4 heterocycles. The first-order valence-electron chi connectivity index (χ1n) is 9.81. The van der Waals surface area contributed by atoms with Crippen molar-refractivity contribution in [1.82, 2.24) is 19.6 Å². The van der Waals surface area contributed by atoms with E-state index in [1.165, 1.54) is 11.3 Å². The maximum absolute atomic E-state index is 13.2. The number of carboxylic acid groups (broad SMARTS) is 1. The van der Waals surface area contributed by atoms with E-state index in [2.05, 4.69) is 32.9 Å². The summed E-state index contributed by atoms with van der Waals surface area (Å²) >= 11 is 1.74. The van der Waals surface area contributed by atoms with Crippen LogP contribution < -0.4 is 0 Å². The van der Waals surface area contributed by atoms with E-state index in [9.17, 15) is 18.0 Å². The summed E-state index contributed by atoms with van der Waals surface area (Å²) in [5.74, 6) is -2.22. The minimum absolute atomic E-state index is 0.221. The molecule has 170 valence electrons. The highest BCUT2D eigenvalue weighted by molar-refractivity contribution is 7.07. The number of carbonyl (C=O) groups excluding carboxylic acids is 1. The standard InChI is InChI=1S/C18H24N4OS.C2HF3O2/c1-20-8-3-6-18(17(20)23)13-22(10-14-5-9-24-12-14)11-15(18)16-4-7-19-21(16)2;3-2(4,5)1(6)7/h4-5,7,9,12,15H,3,6,8,10-11,13H2,1-2H3;(H,6,7)/t15-,18+;/m0./s1. The summed E-state index contributed by atoms with van der Waals surface area (Å²) in [4.78, 5) is 26.5. The van der Waals surface area contributed by atoms with Gasteiger partial charge in [0.1, 0.15) is 0 Å². The molecule has 4 rings (SSSR count). The maximum Gasteiger partial charge on any atom is 0.490 e. The van der Waals surface area contributed by atoms with Crippen LogP contribution in [0.5, 0.6) is 0 Å². The number of aromatic nitrogens is 2. The number of aliphatic carboxylic acids is 1. The van der Waals surface area contributed by atoms with E-state index < -0.39 is 12.1 Å². The van der Waals surface area contributed by atoms with Crippen LogP contribution >= 0.6 is 11.3 Å². The van der Waals surface area contributed by atoms with E-state index >= 15 is 0 Å². The van der Waals surface area contributed by atoms with E-state index in [0.717, 1.165) is 39.0 Å². The number of amides is 1. The lowest BCUT2D eigenvalue weighted by Gasteiger charge is -2.41. The summed E-state index contributed by atoms with van der Waals surface area (Å²) in [5.41, 5.74) is 2.24. The maximum atomic E-state index is 13.2. The Bertz CT molecular complexity index is 915. The zero-order valence-corrected chi connectivity index (χ0v) is 18.1. The second kappa shape index (κ2) is 8.99. The van der Waals surface area contributed by atoms with Crippen molar-refractivity contribution >= 4 is 23.2 Å². The second-order valence-corrected chi connectivity index (χ2v) is 8.80. The highest BCUT2D eigenvalue weighted by Gasteiger charge is 2.55. The molecule has 11 heteroatoms. The molecule has 7 nitrogen and oxygen atoms in total. The Morgan fingerprint density at radius 1 is 1.35 bits per heavy atom. The summed E-state index contributed by atoms with van der Waals surface area (Å²) in [6.07, 6.45) is -1.17. The van der Waals surface area contributed by atoms with Crippen molar-refractivity contribution in [3.8, 4) is 0 Å². The third-order valence-corrected chi connectivity index (χ3v) is 6.68. The number of rotatable bonds is 3. The van der Waals surface area contributed by atoms with E-state index in [1.54, 1.807) is 11.3 Å². The SMILES string of the molecule is CN1CCC[C@]2(CN(Cc3ccsc3)C[C@H]2c2ccnn2C)C1=O.O=C(O)C(F)(F)F. The van der Waals surface area contributed by atoms with Gasteiger partial charge in [0.2, 0.25) is 5.91 Å². The molecule has 31 heavy (non-hydrogen) atoms. The Morgan fingerprint density at radius 2 is 2.06 bits per heavy atom. The number of alkyl halides is 3. The molecule has 2 fully saturated rings. The van der Waals surface area contributed by atoms with Crippen LogP contribution in [0.4, 0.5) is 13.2 Å². The summed E-state index contributed by atoms with van der Waals surface area (Å²) < 4.78 is 33.7. The molecular formula is C20H25F3N4O3S. The summed E-state index contributed by atoms with van der Waals surface area (Å²) in [6, 6.07) is 4.27. The smallest absolute Gasteiger partial charge is 0.475 e. The third kappa shape index (κ3) is 4.93. The van der Waals surface area contributed by atoms with Gasteiger partial charge >= 0.3 is 12.1 Å². The van der Waals surface area contributed by atoms with E-state index in [4.69, 9.17) is 9.90 Å². The quantitative estimate of drug-likeness (QED) is 0.765. The average Bonchev–Trinajstić information content (AvgIpc) is 3.41. The van der Waals surface area contributed by atoms with Gasteiger partial charge < -0.3 is 10.0 Å². The van der Waals surface area contributed by atoms with E-state index in [-0.39, 0.29) is 11.3 Å². The lowest BCUT2D eigenvalue weighted by molar-refractivity contribution is -0.192. The summed E-state index contributed by atoms with van der Waals surface area (Å²) in [7, 11) is 3.94. The van der Waals surface area contributed by atoms with Crippen LogP contribution in [0.3, 0.4) is 0 Å². The molecule has 0 aromatic carbocycles. The normalized spacial score (nSPS) is 24.4. The minimum atomic E-state index is -5.08. The molecule has 0 saturated carbocycles. The molecule has 2 atom stereocenters. The molecule has 2 saturated heterocycles. The number of halogens is 3. The predicted molar refractivity (Wildman–Crippen MR) is 109 cm³/mol. The van der Waals surface area contributed by atoms with Crippen LogP contribution in [0, 0.1) is 5.41 Å². The Morgan fingerprint density at radius 3 is 2.61 bits per heavy atom. The van der Waals surface area contributed by atoms with Gasteiger partial charge in [-0.1, -0.05) is 0 Å². The molecule has 2 aliphatic rings. The number of nitrogens with zero attached hydrogens (tertiary/aromatic N) is 4. The average molecular weight is 459 g/mol. The molecule has 2 aromatic heterocycles. The zero-order valence-electron chi connectivity index (χ0n) is 17.3. The van der Waals surface area contributed by atoms with Crippen molar-refractivity contribution in [2.24, 2.45) is 12.5 Å². The molecule has 0 unspecified atom stereocenters. The topological polar surface area (TPSA) is 78.7 Å². The fraction of sp³-hybridized carbons (Fsp3) is 0.550. The molecule has 1 spiro atoms. The largest absolute Gasteiger partial charge is 0.490 e. The summed E-state index contributed by atoms with van der Waals surface area (Å²) in [5, 5.41) is 15.8. The molecule has 0 radical (unpaired) electrons. The van der Waals surface area contributed by atoms with Gasteiger partial charge in [-0.05, 0) is 41.3 Å². The Hall–Kier alpha value is -2.40. The monoisotopic (exact) mass is 458 g/mol. The number of piperidine rings is 1. The fourth-order valence-corrected chi connectivity index (χ4v) is 5.22. The van der Waals surface area contributed by atoms with Crippen LogP contribution in [0.1, 0.15) is 30.0 Å². The molecule has 0 bridgehead atoms. The van der Waals surface area contributed by atoms with Gasteiger partial charge in [-0.15, -0.1) is 0 Å². The van der Waals surface area contributed by atoms with E-state index in [1.807, 2.05) is 29.9 Å². The first kappa shape index (κ1) is 23.3. The van der Waals surface area contributed by atoms with Crippen molar-refractivity contribution < 1.29 is 27.9 Å². The van der Waals surface area contributed by atoms with Gasteiger partial charge in [-0.2, -0.15) is 29.6 Å². The third-order valence-electron chi connectivity index (χ3n) is 5.95. The molecule has 0 aliphatic carbocycles. The number of thiophene rings is 1. The number of hydrogen-bond donors (Lipinski definition) is 1. The van der Waals surface area contributed by atoms with Gasteiger partial charge in [0, 0.05) is 58.1 Å². The number of hydrogen-bond acceptors (Lipinski definition) is 5. The van der Waals surface area contributed by atoms with Crippen molar-refractivity contribution in [2.45, 2.75) is 31.5 Å². The minimum Gasteiger partial charge on any atom is -0.475 e. The van der Waals surface area contributed by atoms with Crippen molar-refractivity contribution in [1.29, 1.82) is 0 Å². The van der Waals surface area contributed by atoms with Crippen LogP contribution in [-0.4, -0.2) is 69.4 Å². The van der Waals surface area contributed by atoms with Crippen molar-refractivity contribution in [2.75, 3.05) is 26.7 Å². The van der Waals surface area contributed by atoms with Gasteiger partial charge in [-0.25, -0.2) is 4.79 Å². The van der Waals surface area contributed by atoms with Crippen LogP contribution in [0.15, 0.2) is 29.1 Å². The van der Waals surface area contributed by atoms with Crippen LogP contribution in [0.25, 0.3) is 0 Å². The van der Waals surface area contributed by atoms with Crippen LogP contribution in [0.2, 0.25) is 0 Å². The lowest BCUT2D eigenvalue weighted by Crippen LogP contribution is -2.50. The van der Waals surface area contributed by atoms with Crippen molar-refractivity contribution in [3.05, 3.63) is 40.3 Å². The molecule has 1 amide bonds. The first-order valence-corrected chi connectivity index (χ1v) is 10.8. The highest BCUT2D eigenvalue weighted by Crippen LogP contribution is 2.49. The zero-order chi connectivity index (χ0) is 22.8. The fourth-order valence-electron chi connectivity index (χ4n) is 4.56. The van der Waals surface area contributed by atoms with Crippen LogP contribution in [-0.2, 0) is 23.2 Å². The van der Waals surface area contributed by atoms with Gasteiger partial charge in [0.25, 0.3) is 0 Å². The highest BCUT2D eigenvalue weighted by atomic mass is 32.1. The van der Waals surface area contributed by atoms with Gasteiger partial charge in [0.05, 0.1) is 5.41 Å². The Kier molecular flexibility index (Phi) is 6.75. The first-order chi connectivity index (χ1) is 14.5.